The molecule has 1 fully saturated rings. The van der Waals surface area contributed by atoms with E-state index in [0.29, 0.717) is 24.7 Å². The van der Waals surface area contributed by atoms with Gasteiger partial charge in [-0.15, -0.1) is 0 Å². The van der Waals surface area contributed by atoms with Gasteiger partial charge in [-0.25, -0.2) is 0 Å². The molecule has 1 N–H and O–H groups in total. The molecule has 1 aliphatic rings. The lowest BCUT2D eigenvalue weighted by Gasteiger charge is -2.36. The molecular formula is C25H34N4O2. The molecule has 1 saturated heterocycles. The van der Waals surface area contributed by atoms with Crippen molar-refractivity contribution in [3.05, 3.63) is 65.7 Å². The molecule has 1 heterocycles. The molecule has 166 valence electrons. The Labute approximate surface area is 185 Å². The molecular weight excluding hydrogens is 388 g/mol. The first-order chi connectivity index (χ1) is 15.0. The average Bonchev–Trinajstić information content (AvgIpc) is 2.81. The lowest BCUT2D eigenvalue weighted by atomic mass is 10.1. The van der Waals surface area contributed by atoms with Crippen LogP contribution in [-0.4, -0.2) is 66.9 Å². The summed E-state index contributed by atoms with van der Waals surface area (Å²) in [6, 6.07) is 18.4. The number of hydrogen-bond acceptors (Lipinski definition) is 4. The molecule has 0 unspecified atom stereocenters. The molecule has 31 heavy (non-hydrogen) atoms. The SMILES string of the molecule is CCN(Cc1ccc(C(=O)NCC(=O)N2CCN(c3ccccc3)CC2)cc1)C(C)C. The van der Waals surface area contributed by atoms with Gasteiger partial charge in [-0.3, -0.25) is 14.5 Å². The second-order valence-electron chi connectivity index (χ2n) is 8.24. The molecule has 0 aliphatic carbocycles. The van der Waals surface area contributed by atoms with Gasteiger partial charge >= 0.3 is 0 Å². The normalized spacial score (nSPS) is 14.2. The van der Waals surface area contributed by atoms with Crippen molar-refractivity contribution < 1.29 is 9.59 Å². The zero-order valence-electron chi connectivity index (χ0n) is 18.9. The lowest BCUT2D eigenvalue weighted by molar-refractivity contribution is -0.130. The predicted molar refractivity (Wildman–Crippen MR) is 125 cm³/mol. The molecule has 0 spiro atoms. The van der Waals surface area contributed by atoms with Gasteiger partial charge in [-0.05, 0) is 50.2 Å². The number of anilines is 1. The van der Waals surface area contributed by atoms with Crippen LogP contribution < -0.4 is 10.2 Å². The quantitative estimate of drug-likeness (QED) is 0.711. The minimum Gasteiger partial charge on any atom is -0.368 e. The fraction of sp³-hybridized carbons (Fsp3) is 0.440. The summed E-state index contributed by atoms with van der Waals surface area (Å²) in [6.45, 7) is 11.3. The van der Waals surface area contributed by atoms with Crippen LogP contribution in [0.4, 0.5) is 5.69 Å². The Kier molecular flexibility index (Phi) is 8.06. The number of rotatable bonds is 8. The Bertz CT molecular complexity index is 844. The molecule has 1 aliphatic heterocycles. The molecule has 0 radical (unpaired) electrons. The predicted octanol–water partition coefficient (Wildman–Crippen LogP) is 3.00. The Morgan fingerprint density at radius 1 is 0.968 bits per heavy atom. The highest BCUT2D eigenvalue weighted by Crippen LogP contribution is 2.15. The zero-order valence-corrected chi connectivity index (χ0v) is 18.9. The number of benzene rings is 2. The summed E-state index contributed by atoms with van der Waals surface area (Å²) in [6.07, 6.45) is 0. The van der Waals surface area contributed by atoms with Crippen LogP contribution in [0, 0.1) is 0 Å². The maximum absolute atomic E-state index is 12.5. The average molecular weight is 423 g/mol. The van der Waals surface area contributed by atoms with Gasteiger partial charge in [0, 0.05) is 50.0 Å². The number of nitrogens with one attached hydrogen (secondary N) is 1. The summed E-state index contributed by atoms with van der Waals surface area (Å²) < 4.78 is 0. The van der Waals surface area contributed by atoms with Gasteiger partial charge in [-0.2, -0.15) is 0 Å². The Hall–Kier alpha value is -2.86. The van der Waals surface area contributed by atoms with Crippen molar-refractivity contribution in [3.8, 4) is 0 Å². The monoisotopic (exact) mass is 422 g/mol. The fourth-order valence-corrected chi connectivity index (χ4v) is 3.88. The summed E-state index contributed by atoms with van der Waals surface area (Å²) in [5, 5.41) is 2.77. The van der Waals surface area contributed by atoms with Crippen molar-refractivity contribution >= 4 is 17.5 Å². The molecule has 0 bridgehead atoms. The largest absolute Gasteiger partial charge is 0.368 e. The van der Waals surface area contributed by atoms with E-state index in [1.54, 1.807) is 0 Å². The lowest BCUT2D eigenvalue weighted by Crippen LogP contribution is -2.51. The van der Waals surface area contributed by atoms with Crippen LogP contribution in [0.1, 0.15) is 36.7 Å². The third-order valence-electron chi connectivity index (χ3n) is 5.89. The second kappa shape index (κ2) is 11.0. The van der Waals surface area contributed by atoms with Crippen molar-refractivity contribution in [1.82, 2.24) is 15.1 Å². The van der Waals surface area contributed by atoms with Crippen LogP contribution in [0.3, 0.4) is 0 Å². The number of para-hydroxylation sites is 1. The van der Waals surface area contributed by atoms with Crippen LogP contribution in [0.25, 0.3) is 0 Å². The number of amides is 2. The highest BCUT2D eigenvalue weighted by atomic mass is 16.2. The molecule has 6 nitrogen and oxygen atoms in total. The van der Waals surface area contributed by atoms with Crippen LogP contribution in [-0.2, 0) is 11.3 Å². The van der Waals surface area contributed by atoms with Crippen molar-refractivity contribution in [3.63, 3.8) is 0 Å². The van der Waals surface area contributed by atoms with Gasteiger partial charge in [-0.1, -0.05) is 37.3 Å². The van der Waals surface area contributed by atoms with E-state index in [0.717, 1.165) is 26.2 Å². The van der Waals surface area contributed by atoms with Gasteiger partial charge in [0.2, 0.25) is 5.91 Å². The second-order valence-corrected chi connectivity index (χ2v) is 8.24. The number of carbonyl (C=O) groups is 2. The van der Waals surface area contributed by atoms with E-state index < -0.39 is 0 Å². The molecule has 2 amide bonds. The molecule has 0 saturated carbocycles. The maximum atomic E-state index is 12.5. The van der Waals surface area contributed by atoms with E-state index in [-0.39, 0.29) is 18.4 Å². The number of nitrogens with zero attached hydrogens (tertiary/aromatic N) is 3. The minimum absolute atomic E-state index is 0.0306. The molecule has 0 aromatic heterocycles. The van der Waals surface area contributed by atoms with Crippen LogP contribution in [0.15, 0.2) is 54.6 Å². The van der Waals surface area contributed by atoms with Gasteiger partial charge in [0.05, 0.1) is 6.54 Å². The smallest absolute Gasteiger partial charge is 0.251 e. The van der Waals surface area contributed by atoms with E-state index in [4.69, 9.17) is 0 Å². The van der Waals surface area contributed by atoms with Gasteiger partial charge in [0.15, 0.2) is 0 Å². The third kappa shape index (κ3) is 6.31. The topological polar surface area (TPSA) is 55.9 Å². The molecule has 3 rings (SSSR count). The van der Waals surface area contributed by atoms with Crippen LogP contribution in [0.2, 0.25) is 0 Å². The Balaban J connectivity index is 1.44. The Morgan fingerprint density at radius 2 is 1.61 bits per heavy atom. The highest BCUT2D eigenvalue weighted by molar-refractivity contribution is 5.96. The first kappa shape index (κ1) is 22.8. The van der Waals surface area contributed by atoms with E-state index in [1.165, 1.54) is 11.3 Å². The molecule has 6 heteroatoms. The summed E-state index contributed by atoms with van der Waals surface area (Å²) in [4.78, 5) is 31.5. The minimum atomic E-state index is -0.209. The molecule has 2 aromatic carbocycles. The van der Waals surface area contributed by atoms with Crippen molar-refractivity contribution in [1.29, 1.82) is 0 Å². The van der Waals surface area contributed by atoms with Crippen molar-refractivity contribution in [2.45, 2.75) is 33.4 Å². The van der Waals surface area contributed by atoms with Gasteiger partial charge < -0.3 is 15.1 Å². The molecule has 2 aromatic rings. The summed E-state index contributed by atoms with van der Waals surface area (Å²) in [7, 11) is 0. The maximum Gasteiger partial charge on any atom is 0.251 e. The van der Waals surface area contributed by atoms with Crippen molar-refractivity contribution in [2.24, 2.45) is 0 Å². The van der Waals surface area contributed by atoms with Crippen LogP contribution in [0.5, 0.6) is 0 Å². The molecule has 0 atom stereocenters. The first-order valence-electron chi connectivity index (χ1n) is 11.2. The number of hydrogen-bond donors (Lipinski definition) is 1. The van der Waals surface area contributed by atoms with E-state index in [1.807, 2.05) is 47.4 Å². The Morgan fingerprint density at radius 3 is 2.19 bits per heavy atom. The number of carbonyl (C=O) groups excluding carboxylic acids is 2. The summed E-state index contributed by atoms with van der Waals surface area (Å²) in [5.41, 5.74) is 2.94. The highest BCUT2D eigenvalue weighted by Gasteiger charge is 2.21. The summed E-state index contributed by atoms with van der Waals surface area (Å²) >= 11 is 0. The standard InChI is InChI=1S/C25H34N4O2/c1-4-27(20(2)3)19-21-10-12-22(13-11-21)25(31)26-18-24(30)29-16-14-28(15-17-29)23-8-6-5-7-9-23/h5-13,20H,4,14-19H2,1-3H3,(H,26,31). The van der Waals surface area contributed by atoms with E-state index in [2.05, 4.69) is 48.0 Å². The fourth-order valence-electron chi connectivity index (χ4n) is 3.88. The van der Waals surface area contributed by atoms with Gasteiger partial charge in [0.1, 0.15) is 0 Å². The number of piperazine rings is 1. The third-order valence-corrected chi connectivity index (χ3v) is 5.89. The van der Waals surface area contributed by atoms with Gasteiger partial charge in [0.25, 0.3) is 5.91 Å². The van der Waals surface area contributed by atoms with Crippen LogP contribution >= 0.6 is 0 Å². The van der Waals surface area contributed by atoms with Crippen molar-refractivity contribution in [2.75, 3.05) is 44.2 Å². The first-order valence-corrected chi connectivity index (χ1v) is 11.2. The van der Waals surface area contributed by atoms with E-state index in [9.17, 15) is 9.59 Å². The van der Waals surface area contributed by atoms with E-state index >= 15 is 0 Å². The summed E-state index contributed by atoms with van der Waals surface area (Å²) in [5.74, 6) is -0.243. The zero-order chi connectivity index (χ0) is 22.2.